The van der Waals surface area contributed by atoms with Gasteiger partial charge in [-0.2, -0.15) is 0 Å². The van der Waals surface area contributed by atoms with Gasteiger partial charge in [0.25, 0.3) is 0 Å². The average molecular weight is 239 g/mol. The minimum Gasteiger partial charge on any atom is -0.316 e. The monoisotopic (exact) mass is 239 g/mol. The van der Waals surface area contributed by atoms with Crippen molar-refractivity contribution in [1.29, 1.82) is 0 Å². The van der Waals surface area contributed by atoms with Gasteiger partial charge in [-0.25, -0.2) is 0 Å². The summed E-state index contributed by atoms with van der Waals surface area (Å²) in [5, 5.41) is 5.75. The Bertz CT molecular complexity index is 243. The van der Waals surface area contributed by atoms with Crippen molar-refractivity contribution in [2.24, 2.45) is 5.92 Å². The Morgan fingerprint density at radius 1 is 1.38 bits per heavy atom. The van der Waals surface area contributed by atoms with E-state index in [0.717, 1.165) is 12.5 Å². The van der Waals surface area contributed by atoms with Crippen molar-refractivity contribution in [2.45, 2.75) is 46.0 Å². The van der Waals surface area contributed by atoms with Gasteiger partial charge in [0.05, 0.1) is 0 Å². The fourth-order valence-corrected chi connectivity index (χ4v) is 2.62. The van der Waals surface area contributed by atoms with Gasteiger partial charge in [0.1, 0.15) is 0 Å². The molecule has 1 atom stereocenters. The first-order chi connectivity index (χ1) is 7.86. The first kappa shape index (κ1) is 13.7. The van der Waals surface area contributed by atoms with E-state index in [1.165, 1.54) is 43.5 Å². The molecular formula is C14H25NS. The summed E-state index contributed by atoms with van der Waals surface area (Å²) in [6.45, 7) is 6.91. The lowest BCUT2D eigenvalue weighted by Crippen LogP contribution is -2.24. The molecule has 0 radical (unpaired) electrons. The van der Waals surface area contributed by atoms with Crippen LogP contribution in [0.3, 0.4) is 0 Å². The molecule has 1 N–H and O–H groups in total. The molecule has 1 heterocycles. The highest BCUT2D eigenvalue weighted by atomic mass is 32.1. The normalized spacial score (nSPS) is 12.9. The van der Waals surface area contributed by atoms with E-state index < -0.39 is 0 Å². The maximum atomic E-state index is 3.59. The van der Waals surface area contributed by atoms with Gasteiger partial charge in [0.15, 0.2) is 0 Å². The lowest BCUT2D eigenvalue weighted by molar-refractivity contribution is 0.421. The van der Waals surface area contributed by atoms with Crippen LogP contribution in [0.15, 0.2) is 17.5 Å². The second-order valence-corrected chi connectivity index (χ2v) is 5.48. The third-order valence-corrected chi connectivity index (χ3v) is 4.04. The standard InChI is InChI=1S/C14H25NS/c1-3-5-7-13(4-2)12-15-10-9-14-8-6-11-16-14/h6,8,11,13,15H,3-5,7,9-10,12H2,1-2H3. The molecule has 1 aromatic rings. The van der Waals surface area contributed by atoms with Crippen molar-refractivity contribution in [3.63, 3.8) is 0 Å². The lowest BCUT2D eigenvalue weighted by Gasteiger charge is -2.14. The van der Waals surface area contributed by atoms with Gasteiger partial charge in [0.2, 0.25) is 0 Å². The van der Waals surface area contributed by atoms with Crippen LogP contribution in [-0.2, 0) is 6.42 Å². The summed E-state index contributed by atoms with van der Waals surface area (Å²) in [5.41, 5.74) is 0. The van der Waals surface area contributed by atoms with E-state index in [1.54, 1.807) is 0 Å². The summed E-state index contributed by atoms with van der Waals surface area (Å²) in [7, 11) is 0. The highest BCUT2D eigenvalue weighted by molar-refractivity contribution is 7.09. The summed E-state index contributed by atoms with van der Waals surface area (Å²) in [5.74, 6) is 0.878. The Balaban J connectivity index is 2.04. The number of thiophene rings is 1. The Morgan fingerprint density at radius 3 is 2.88 bits per heavy atom. The zero-order chi connectivity index (χ0) is 11.6. The molecule has 0 fully saturated rings. The number of rotatable bonds is 9. The molecule has 2 heteroatoms. The third-order valence-electron chi connectivity index (χ3n) is 3.10. The number of hydrogen-bond donors (Lipinski definition) is 1. The summed E-state index contributed by atoms with van der Waals surface area (Å²) in [4.78, 5) is 1.49. The van der Waals surface area contributed by atoms with Crippen LogP contribution in [0.25, 0.3) is 0 Å². The molecule has 0 aromatic carbocycles. The Kier molecular flexibility index (Phi) is 7.52. The molecule has 0 saturated carbocycles. The van der Waals surface area contributed by atoms with Gasteiger partial charge in [-0.1, -0.05) is 39.2 Å². The van der Waals surface area contributed by atoms with Crippen molar-refractivity contribution in [3.05, 3.63) is 22.4 Å². The van der Waals surface area contributed by atoms with E-state index in [4.69, 9.17) is 0 Å². The molecule has 16 heavy (non-hydrogen) atoms. The topological polar surface area (TPSA) is 12.0 Å². The van der Waals surface area contributed by atoms with E-state index in [-0.39, 0.29) is 0 Å². The average Bonchev–Trinajstić information content (AvgIpc) is 2.81. The van der Waals surface area contributed by atoms with Gasteiger partial charge in [-0.05, 0) is 43.3 Å². The van der Waals surface area contributed by atoms with Crippen LogP contribution in [-0.4, -0.2) is 13.1 Å². The molecule has 0 spiro atoms. The van der Waals surface area contributed by atoms with Crippen molar-refractivity contribution in [1.82, 2.24) is 5.32 Å². The van der Waals surface area contributed by atoms with Crippen molar-refractivity contribution in [2.75, 3.05) is 13.1 Å². The molecule has 1 rings (SSSR count). The number of nitrogens with one attached hydrogen (secondary N) is 1. The fourth-order valence-electron chi connectivity index (χ4n) is 1.92. The van der Waals surface area contributed by atoms with E-state index in [1.807, 2.05) is 11.3 Å². The molecule has 0 saturated heterocycles. The summed E-state index contributed by atoms with van der Waals surface area (Å²) in [6, 6.07) is 4.36. The smallest absolute Gasteiger partial charge is 0.00578 e. The van der Waals surface area contributed by atoms with E-state index in [0.29, 0.717) is 0 Å². The number of hydrogen-bond acceptors (Lipinski definition) is 2. The van der Waals surface area contributed by atoms with Crippen LogP contribution in [0, 0.1) is 5.92 Å². The second kappa shape index (κ2) is 8.77. The molecule has 1 nitrogen and oxygen atoms in total. The van der Waals surface area contributed by atoms with Crippen LogP contribution in [0.2, 0.25) is 0 Å². The van der Waals surface area contributed by atoms with Crippen molar-refractivity contribution in [3.8, 4) is 0 Å². The predicted octanol–water partition coefficient (Wildman–Crippen LogP) is 4.10. The minimum absolute atomic E-state index is 0.878. The van der Waals surface area contributed by atoms with Gasteiger partial charge < -0.3 is 5.32 Å². The highest BCUT2D eigenvalue weighted by Crippen LogP contribution is 2.11. The maximum absolute atomic E-state index is 3.59. The van der Waals surface area contributed by atoms with Crippen molar-refractivity contribution < 1.29 is 0 Å². The fraction of sp³-hybridized carbons (Fsp3) is 0.714. The number of unbranched alkanes of at least 4 members (excludes halogenated alkanes) is 1. The van der Waals surface area contributed by atoms with Gasteiger partial charge in [0, 0.05) is 4.88 Å². The molecule has 0 aliphatic rings. The first-order valence-corrected chi connectivity index (χ1v) is 7.47. The molecule has 0 amide bonds. The van der Waals surface area contributed by atoms with E-state index >= 15 is 0 Å². The molecule has 1 unspecified atom stereocenters. The third kappa shape index (κ3) is 5.66. The quantitative estimate of drug-likeness (QED) is 0.640. The predicted molar refractivity (Wildman–Crippen MR) is 74.2 cm³/mol. The summed E-state index contributed by atoms with van der Waals surface area (Å²) >= 11 is 1.86. The molecule has 92 valence electrons. The lowest BCUT2D eigenvalue weighted by atomic mass is 9.99. The summed E-state index contributed by atoms with van der Waals surface area (Å²) < 4.78 is 0. The minimum atomic E-state index is 0.878. The SMILES string of the molecule is CCCCC(CC)CNCCc1cccs1. The van der Waals surface area contributed by atoms with Crippen LogP contribution < -0.4 is 5.32 Å². The molecule has 0 aliphatic heterocycles. The highest BCUT2D eigenvalue weighted by Gasteiger charge is 2.04. The second-order valence-electron chi connectivity index (χ2n) is 4.45. The van der Waals surface area contributed by atoms with Gasteiger partial charge >= 0.3 is 0 Å². The Labute approximate surface area is 104 Å². The van der Waals surface area contributed by atoms with Crippen molar-refractivity contribution >= 4 is 11.3 Å². The first-order valence-electron chi connectivity index (χ1n) is 6.59. The maximum Gasteiger partial charge on any atom is 0.00578 e. The molecule has 1 aromatic heterocycles. The van der Waals surface area contributed by atoms with Crippen LogP contribution >= 0.6 is 11.3 Å². The molecule has 0 aliphatic carbocycles. The van der Waals surface area contributed by atoms with Crippen LogP contribution in [0.5, 0.6) is 0 Å². The van der Waals surface area contributed by atoms with Crippen LogP contribution in [0.1, 0.15) is 44.4 Å². The van der Waals surface area contributed by atoms with E-state index in [9.17, 15) is 0 Å². The zero-order valence-corrected chi connectivity index (χ0v) is 11.5. The Hall–Kier alpha value is -0.340. The zero-order valence-electron chi connectivity index (χ0n) is 10.7. The van der Waals surface area contributed by atoms with E-state index in [2.05, 4.69) is 36.7 Å². The Morgan fingerprint density at radius 2 is 2.25 bits per heavy atom. The molecular weight excluding hydrogens is 214 g/mol. The van der Waals surface area contributed by atoms with Gasteiger partial charge in [-0.3, -0.25) is 0 Å². The largest absolute Gasteiger partial charge is 0.316 e. The summed E-state index contributed by atoms with van der Waals surface area (Å²) in [6.07, 6.45) is 6.59. The molecule has 0 bridgehead atoms. The van der Waals surface area contributed by atoms with Crippen LogP contribution in [0.4, 0.5) is 0 Å². The van der Waals surface area contributed by atoms with Gasteiger partial charge in [-0.15, -0.1) is 11.3 Å².